The standard InChI is InChI=1S/C9H11ClN2O/c1-2-9(13)12-6-8-5-7(10)3-4-11-8/h3-5H,2,6H2,1H3,(H,12,13). The number of aromatic nitrogens is 1. The molecule has 1 heterocycles. The van der Waals surface area contributed by atoms with Gasteiger partial charge in [-0.15, -0.1) is 0 Å². The zero-order chi connectivity index (χ0) is 9.68. The molecule has 0 saturated carbocycles. The van der Waals surface area contributed by atoms with Crippen molar-refractivity contribution in [2.45, 2.75) is 19.9 Å². The van der Waals surface area contributed by atoms with Crippen molar-refractivity contribution < 1.29 is 4.79 Å². The molecule has 0 aromatic carbocycles. The molecular formula is C9H11ClN2O. The Morgan fingerprint density at radius 1 is 1.69 bits per heavy atom. The number of halogens is 1. The van der Waals surface area contributed by atoms with E-state index in [2.05, 4.69) is 10.3 Å². The van der Waals surface area contributed by atoms with Gasteiger partial charge in [0.25, 0.3) is 0 Å². The summed E-state index contributed by atoms with van der Waals surface area (Å²) in [6.07, 6.45) is 2.11. The van der Waals surface area contributed by atoms with Crippen molar-refractivity contribution in [3.05, 3.63) is 29.0 Å². The van der Waals surface area contributed by atoms with Gasteiger partial charge in [0.05, 0.1) is 12.2 Å². The summed E-state index contributed by atoms with van der Waals surface area (Å²) in [6, 6.07) is 3.43. The Hall–Kier alpha value is -1.09. The molecule has 0 bridgehead atoms. The largest absolute Gasteiger partial charge is 0.350 e. The smallest absolute Gasteiger partial charge is 0.220 e. The van der Waals surface area contributed by atoms with Crippen LogP contribution in [-0.2, 0) is 11.3 Å². The fourth-order valence-corrected chi connectivity index (χ4v) is 1.04. The first-order valence-electron chi connectivity index (χ1n) is 4.09. The van der Waals surface area contributed by atoms with Crippen LogP contribution in [0.25, 0.3) is 0 Å². The van der Waals surface area contributed by atoms with E-state index in [-0.39, 0.29) is 5.91 Å². The molecule has 3 nitrogen and oxygen atoms in total. The summed E-state index contributed by atoms with van der Waals surface area (Å²) >= 11 is 5.74. The molecular weight excluding hydrogens is 188 g/mol. The predicted molar refractivity (Wildman–Crippen MR) is 51.4 cm³/mol. The molecule has 0 aliphatic rings. The van der Waals surface area contributed by atoms with Gasteiger partial charge >= 0.3 is 0 Å². The highest BCUT2D eigenvalue weighted by Crippen LogP contribution is 2.07. The van der Waals surface area contributed by atoms with Gasteiger partial charge in [0.1, 0.15) is 0 Å². The van der Waals surface area contributed by atoms with Crippen molar-refractivity contribution in [3.8, 4) is 0 Å². The summed E-state index contributed by atoms with van der Waals surface area (Å²) in [5.74, 6) is 0.0155. The lowest BCUT2D eigenvalue weighted by atomic mass is 10.3. The number of pyridine rings is 1. The minimum atomic E-state index is 0.0155. The number of rotatable bonds is 3. The normalized spacial score (nSPS) is 9.69. The third kappa shape index (κ3) is 3.42. The predicted octanol–water partition coefficient (Wildman–Crippen LogP) is 1.76. The third-order valence-corrected chi connectivity index (χ3v) is 1.80. The Labute approximate surface area is 82.1 Å². The highest BCUT2D eigenvalue weighted by atomic mass is 35.5. The van der Waals surface area contributed by atoms with E-state index in [1.807, 2.05) is 0 Å². The molecule has 0 spiro atoms. The van der Waals surface area contributed by atoms with Crippen molar-refractivity contribution in [2.24, 2.45) is 0 Å². The maximum atomic E-state index is 10.9. The Morgan fingerprint density at radius 2 is 2.46 bits per heavy atom. The van der Waals surface area contributed by atoms with Crippen LogP contribution in [0, 0.1) is 0 Å². The van der Waals surface area contributed by atoms with E-state index < -0.39 is 0 Å². The first-order chi connectivity index (χ1) is 6.22. The zero-order valence-corrected chi connectivity index (χ0v) is 8.14. The van der Waals surface area contributed by atoms with E-state index in [1.54, 1.807) is 25.3 Å². The Balaban J connectivity index is 2.50. The van der Waals surface area contributed by atoms with Gasteiger partial charge in [-0.2, -0.15) is 0 Å². The molecule has 0 aliphatic carbocycles. The van der Waals surface area contributed by atoms with Crippen LogP contribution < -0.4 is 5.32 Å². The van der Waals surface area contributed by atoms with Gasteiger partial charge < -0.3 is 5.32 Å². The van der Waals surface area contributed by atoms with Gasteiger partial charge in [0.15, 0.2) is 0 Å². The summed E-state index contributed by atoms with van der Waals surface area (Å²) in [5.41, 5.74) is 0.773. The number of hydrogen-bond donors (Lipinski definition) is 1. The summed E-state index contributed by atoms with van der Waals surface area (Å²) in [6.45, 7) is 2.24. The molecule has 13 heavy (non-hydrogen) atoms. The van der Waals surface area contributed by atoms with Crippen molar-refractivity contribution in [1.29, 1.82) is 0 Å². The second-order valence-corrected chi connectivity index (χ2v) is 3.03. The third-order valence-electron chi connectivity index (χ3n) is 1.57. The number of carbonyl (C=O) groups is 1. The minimum Gasteiger partial charge on any atom is -0.350 e. The highest BCUT2D eigenvalue weighted by Gasteiger charge is 1.98. The molecule has 1 aromatic heterocycles. The number of hydrogen-bond acceptors (Lipinski definition) is 2. The van der Waals surface area contributed by atoms with E-state index in [0.29, 0.717) is 18.0 Å². The van der Waals surface area contributed by atoms with Gasteiger partial charge in [0, 0.05) is 17.6 Å². The average molecular weight is 199 g/mol. The highest BCUT2D eigenvalue weighted by molar-refractivity contribution is 6.30. The summed E-state index contributed by atoms with van der Waals surface area (Å²) in [5, 5.41) is 3.35. The lowest BCUT2D eigenvalue weighted by Gasteiger charge is -2.02. The Bertz CT molecular complexity index is 301. The lowest BCUT2D eigenvalue weighted by Crippen LogP contribution is -2.21. The maximum Gasteiger partial charge on any atom is 0.220 e. The Morgan fingerprint density at radius 3 is 3.08 bits per heavy atom. The first kappa shape index (κ1) is 9.99. The molecule has 0 radical (unpaired) electrons. The average Bonchev–Trinajstić information content (AvgIpc) is 2.14. The number of carbonyl (C=O) groups excluding carboxylic acids is 1. The van der Waals surface area contributed by atoms with Crippen LogP contribution in [0.3, 0.4) is 0 Å². The van der Waals surface area contributed by atoms with Gasteiger partial charge in [-0.1, -0.05) is 18.5 Å². The fourth-order valence-electron chi connectivity index (χ4n) is 0.860. The SMILES string of the molecule is CCC(=O)NCc1cc(Cl)ccn1. The molecule has 1 amide bonds. The minimum absolute atomic E-state index is 0.0155. The quantitative estimate of drug-likeness (QED) is 0.804. The molecule has 0 unspecified atom stereocenters. The van der Waals surface area contributed by atoms with Crippen LogP contribution in [0.1, 0.15) is 19.0 Å². The fraction of sp³-hybridized carbons (Fsp3) is 0.333. The molecule has 0 atom stereocenters. The maximum absolute atomic E-state index is 10.9. The van der Waals surface area contributed by atoms with Crippen molar-refractivity contribution >= 4 is 17.5 Å². The summed E-state index contributed by atoms with van der Waals surface area (Å²) < 4.78 is 0. The van der Waals surface area contributed by atoms with Crippen LogP contribution in [0.4, 0.5) is 0 Å². The van der Waals surface area contributed by atoms with Crippen LogP contribution in [0.2, 0.25) is 5.02 Å². The molecule has 70 valence electrons. The van der Waals surface area contributed by atoms with Gasteiger partial charge in [-0.3, -0.25) is 9.78 Å². The summed E-state index contributed by atoms with van der Waals surface area (Å²) in [7, 11) is 0. The van der Waals surface area contributed by atoms with Crippen LogP contribution in [-0.4, -0.2) is 10.9 Å². The lowest BCUT2D eigenvalue weighted by molar-refractivity contribution is -0.120. The van der Waals surface area contributed by atoms with E-state index in [9.17, 15) is 4.79 Å². The molecule has 0 fully saturated rings. The van der Waals surface area contributed by atoms with Crippen LogP contribution >= 0.6 is 11.6 Å². The number of amides is 1. The van der Waals surface area contributed by atoms with Crippen LogP contribution in [0.5, 0.6) is 0 Å². The molecule has 0 aliphatic heterocycles. The van der Waals surface area contributed by atoms with Crippen molar-refractivity contribution in [1.82, 2.24) is 10.3 Å². The molecule has 1 rings (SSSR count). The molecule has 1 aromatic rings. The zero-order valence-electron chi connectivity index (χ0n) is 7.38. The molecule has 1 N–H and O–H groups in total. The van der Waals surface area contributed by atoms with E-state index >= 15 is 0 Å². The van der Waals surface area contributed by atoms with E-state index in [0.717, 1.165) is 5.69 Å². The topological polar surface area (TPSA) is 42.0 Å². The Kier molecular flexibility index (Phi) is 3.71. The molecule has 0 saturated heterocycles. The van der Waals surface area contributed by atoms with E-state index in [4.69, 9.17) is 11.6 Å². The first-order valence-corrected chi connectivity index (χ1v) is 4.47. The number of nitrogens with zero attached hydrogens (tertiary/aromatic N) is 1. The van der Waals surface area contributed by atoms with Crippen molar-refractivity contribution in [3.63, 3.8) is 0 Å². The van der Waals surface area contributed by atoms with Crippen LogP contribution in [0.15, 0.2) is 18.3 Å². The second kappa shape index (κ2) is 4.82. The van der Waals surface area contributed by atoms with Crippen molar-refractivity contribution in [2.75, 3.05) is 0 Å². The second-order valence-electron chi connectivity index (χ2n) is 2.60. The summed E-state index contributed by atoms with van der Waals surface area (Å²) in [4.78, 5) is 14.9. The molecule has 4 heteroatoms. The van der Waals surface area contributed by atoms with Gasteiger partial charge in [-0.05, 0) is 12.1 Å². The number of nitrogens with one attached hydrogen (secondary N) is 1. The van der Waals surface area contributed by atoms with Gasteiger partial charge in [0.2, 0.25) is 5.91 Å². The van der Waals surface area contributed by atoms with E-state index in [1.165, 1.54) is 0 Å². The van der Waals surface area contributed by atoms with Gasteiger partial charge in [-0.25, -0.2) is 0 Å². The monoisotopic (exact) mass is 198 g/mol.